The highest BCUT2D eigenvalue weighted by Gasteiger charge is 2.35. The van der Waals surface area contributed by atoms with Crippen LogP contribution in [0.1, 0.15) is 36.5 Å². The van der Waals surface area contributed by atoms with Crippen molar-refractivity contribution in [2.45, 2.75) is 32.3 Å². The summed E-state index contributed by atoms with van der Waals surface area (Å²) in [5.74, 6) is 1.55. The molecule has 3 fully saturated rings. The van der Waals surface area contributed by atoms with Crippen LogP contribution >= 0.6 is 0 Å². The van der Waals surface area contributed by atoms with Crippen LogP contribution in [0.25, 0.3) is 0 Å². The molecule has 2 unspecified atom stereocenters. The lowest BCUT2D eigenvalue weighted by Crippen LogP contribution is -2.47. The van der Waals surface area contributed by atoms with Gasteiger partial charge in [0.15, 0.2) is 0 Å². The maximum Gasteiger partial charge on any atom is 0.0795 e. The molecular weight excluding hydrogens is 222 g/mol. The van der Waals surface area contributed by atoms with Crippen LogP contribution in [0.3, 0.4) is 0 Å². The first-order valence-electron chi connectivity index (χ1n) is 7.20. The van der Waals surface area contributed by atoms with Gasteiger partial charge in [-0.15, -0.1) is 0 Å². The summed E-state index contributed by atoms with van der Waals surface area (Å²) in [5.41, 5.74) is 2.33. The Balaban J connectivity index is 1.68. The zero-order valence-corrected chi connectivity index (χ0v) is 11.2. The van der Waals surface area contributed by atoms with E-state index in [1.54, 1.807) is 0 Å². The molecule has 3 aliphatic heterocycles. The van der Waals surface area contributed by atoms with Gasteiger partial charge >= 0.3 is 0 Å². The molecule has 4 rings (SSSR count). The van der Waals surface area contributed by atoms with E-state index in [-0.39, 0.29) is 6.10 Å². The molecule has 0 aliphatic carbocycles. The zero-order chi connectivity index (χ0) is 12.5. The molecule has 0 spiro atoms. The Labute approximate surface area is 110 Å². The molecule has 98 valence electrons. The minimum Gasteiger partial charge on any atom is -0.388 e. The topological polar surface area (TPSA) is 23.5 Å². The molecule has 3 heterocycles. The second-order valence-corrected chi connectivity index (χ2v) is 6.01. The SMILES string of the molecule is Cc1ccccc1C(O)CC1CN2CCC1CC2. The summed E-state index contributed by atoms with van der Waals surface area (Å²) in [6, 6.07) is 8.23. The summed E-state index contributed by atoms with van der Waals surface area (Å²) in [4.78, 5) is 2.56. The normalized spacial score (nSPS) is 32.4. The van der Waals surface area contributed by atoms with Crippen LogP contribution in [0.4, 0.5) is 0 Å². The third kappa shape index (κ3) is 2.32. The summed E-state index contributed by atoms with van der Waals surface area (Å²) < 4.78 is 0. The Morgan fingerprint density at radius 2 is 2.00 bits per heavy atom. The van der Waals surface area contributed by atoms with E-state index in [0.29, 0.717) is 5.92 Å². The van der Waals surface area contributed by atoms with Crippen LogP contribution in [-0.2, 0) is 0 Å². The maximum absolute atomic E-state index is 10.5. The van der Waals surface area contributed by atoms with Crippen LogP contribution in [0.15, 0.2) is 24.3 Å². The molecule has 0 aromatic heterocycles. The second-order valence-electron chi connectivity index (χ2n) is 6.01. The predicted molar refractivity (Wildman–Crippen MR) is 73.4 cm³/mol. The van der Waals surface area contributed by atoms with Gasteiger partial charge in [-0.1, -0.05) is 24.3 Å². The summed E-state index contributed by atoms with van der Waals surface area (Å²) >= 11 is 0. The largest absolute Gasteiger partial charge is 0.388 e. The van der Waals surface area contributed by atoms with Crippen LogP contribution in [0.2, 0.25) is 0 Å². The molecule has 0 amide bonds. The lowest BCUT2D eigenvalue weighted by molar-refractivity contribution is 0.0189. The van der Waals surface area contributed by atoms with Crippen LogP contribution in [-0.4, -0.2) is 29.6 Å². The highest BCUT2D eigenvalue weighted by molar-refractivity contribution is 5.27. The molecule has 1 aromatic carbocycles. The van der Waals surface area contributed by atoms with E-state index < -0.39 is 0 Å². The number of nitrogens with zero attached hydrogens (tertiary/aromatic N) is 1. The van der Waals surface area contributed by atoms with E-state index in [1.165, 1.54) is 38.0 Å². The second kappa shape index (κ2) is 5.02. The fourth-order valence-corrected chi connectivity index (χ4v) is 3.73. The molecule has 0 radical (unpaired) electrons. The minimum atomic E-state index is -0.281. The summed E-state index contributed by atoms with van der Waals surface area (Å²) in [5, 5.41) is 10.5. The van der Waals surface area contributed by atoms with E-state index in [2.05, 4.69) is 24.0 Å². The Morgan fingerprint density at radius 1 is 1.28 bits per heavy atom. The number of rotatable bonds is 3. The Hall–Kier alpha value is -0.860. The third-order valence-corrected chi connectivity index (χ3v) is 4.87. The molecule has 2 heteroatoms. The zero-order valence-electron chi connectivity index (χ0n) is 11.2. The van der Waals surface area contributed by atoms with Crippen molar-refractivity contribution >= 4 is 0 Å². The summed E-state index contributed by atoms with van der Waals surface area (Å²) in [7, 11) is 0. The van der Waals surface area contributed by atoms with Crippen molar-refractivity contribution < 1.29 is 5.11 Å². The van der Waals surface area contributed by atoms with Gasteiger partial charge in [0, 0.05) is 6.54 Å². The molecule has 2 nitrogen and oxygen atoms in total. The first-order chi connectivity index (χ1) is 8.74. The van der Waals surface area contributed by atoms with Gasteiger partial charge in [-0.2, -0.15) is 0 Å². The van der Waals surface area contributed by atoms with E-state index in [9.17, 15) is 5.11 Å². The monoisotopic (exact) mass is 245 g/mol. The molecule has 1 N–H and O–H groups in total. The van der Waals surface area contributed by atoms with E-state index in [4.69, 9.17) is 0 Å². The number of benzene rings is 1. The first-order valence-corrected chi connectivity index (χ1v) is 7.20. The van der Waals surface area contributed by atoms with E-state index >= 15 is 0 Å². The van der Waals surface area contributed by atoms with Gasteiger partial charge in [-0.25, -0.2) is 0 Å². The van der Waals surface area contributed by atoms with Crippen molar-refractivity contribution in [3.05, 3.63) is 35.4 Å². The van der Waals surface area contributed by atoms with Crippen molar-refractivity contribution in [1.82, 2.24) is 4.90 Å². The number of piperidine rings is 3. The van der Waals surface area contributed by atoms with Gasteiger partial charge in [0.1, 0.15) is 0 Å². The number of fused-ring (bicyclic) bond motifs is 3. The highest BCUT2D eigenvalue weighted by atomic mass is 16.3. The van der Waals surface area contributed by atoms with Crippen molar-refractivity contribution in [3.63, 3.8) is 0 Å². The number of hydrogen-bond acceptors (Lipinski definition) is 2. The van der Waals surface area contributed by atoms with Crippen LogP contribution < -0.4 is 0 Å². The molecule has 2 atom stereocenters. The number of aliphatic hydroxyl groups excluding tert-OH is 1. The van der Waals surface area contributed by atoms with Gasteiger partial charge < -0.3 is 10.0 Å². The fourth-order valence-electron chi connectivity index (χ4n) is 3.73. The van der Waals surface area contributed by atoms with E-state index in [0.717, 1.165) is 17.9 Å². The number of aliphatic hydroxyl groups is 1. The lowest BCUT2D eigenvalue weighted by atomic mass is 9.76. The predicted octanol–water partition coefficient (Wildman–Crippen LogP) is 2.76. The quantitative estimate of drug-likeness (QED) is 0.885. The Bertz CT molecular complexity index is 409. The van der Waals surface area contributed by atoms with Crippen LogP contribution in [0, 0.1) is 18.8 Å². The van der Waals surface area contributed by atoms with E-state index in [1.807, 2.05) is 12.1 Å². The van der Waals surface area contributed by atoms with Gasteiger partial charge in [0.2, 0.25) is 0 Å². The molecule has 1 aromatic rings. The molecule has 0 saturated carbocycles. The smallest absolute Gasteiger partial charge is 0.0795 e. The van der Waals surface area contributed by atoms with Crippen LogP contribution in [0.5, 0.6) is 0 Å². The molecule has 2 bridgehead atoms. The maximum atomic E-state index is 10.5. The Kier molecular flexibility index (Phi) is 3.40. The minimum absolute atomic E-state index is 0.281. The summed E-state index contributed by atoms with van der Waals surface area (Å²) in [6.07, 6.45) is 3.33. The average molecular weight is 245 g/mol. The third-order valence-electron chi connectivity index (χ3n) is 4.87. The fraction of sp³-hybridized carbons (Fsp3) is 0.625. The standard InChI is InChI=1S/C16H23NO/c1-12-4-2-3-5-15(12)16(18)10-14-11-17-8-6-13(14)7-9-17/h2-5,13-14,16,18H,6-11H2,1H3. The van der Waals surface area contributed by atoms with Crippen molar-refractivity contribution in [2.75, 3.05) is 19.6 Å². The van der Waals surface area contributed by atoms with Gasteiger partial charge in [-0.3, -0.25) is 0 Å². The van der Waals surface area contributed by atoms with Gasteiger partial charge in [-0.05, 0) is 62.2 Å². The lowest BCUT2D eigenvalue weighted by Gasteiger charge is -2.45. The molecule has 3 aliphatic rings. The first kappa shape index (κ1) is 12.2. The molecular formula is C16H23NO. The number of aryl methyl sites for hydroxylation is 1. The number of hydrogen-bond donors (Lipinski definition) is 1. The van der Waals surface area contributed by atoms with Crippen molar-refractivity contribution in [3.8, 4) is 0 Å². The van der Waals surface area contributed by atoms with Crippen molar-refractivity contribution in [2.24, 2.45) is 11.8 Å². The Morgan fingerprint density at radius 3 is 2.61 bits per heavy atom. The molecule has 3 saturated heterocycles. The highest BCUT2D eigenvalue weighted by Crippen LogP contribution is 2.37. The molecule has 18 heavy (non-hydrogen) atoms. The van der Waals surface area contributed by atoms with Crippen molar-refractivity contribution in [1.29, 1.82) is 0 Å². The van der Waals surface area contributed by atoms with Gasteiger partial charge in [0.25, 0.3) is 0 Å². The summed E-state index contributed by atoms with van der Waals surface area (Å²) in [6.45, 7) is 5.85. The average Bonchev–Trinajstić information content (AvgIpc) is 2.40. The van der Waals surface area contributed by atoms with Gasteiger partial charge in [0.05, 0.1) is 6.10 Å².